The highest BCUT2D eigenvalue weighted by molar-refractivity contribution is 5.89. The highest BCUT2D eigenvalue weighted by atomic mass is 19.4. The van der Waals surface area contributed by atoms with Crippen LogP contribution in [0.2, 0.25) is 0 Å². The number of halogens is 3. The quantitative estimate of drug-likeness (QED) is 0.500. The van der Waals surface area contributed by atoms with Gasteiger partial charge in [0.15, 0.2) is 23.0 Å². The predicted molar refractivity (Wildman–Crippen MR) is 115 cm³/mol. The van der Waals surface area contributed by atoms with E-state index in [1.165, 1.54) is 35.4 Å². The van der Waals surface area contributed by atoms with Crippen LogP contribution in [0.1, 0.15) is 16.8 Å². The lowest BCUT2D eigenvalue weighted by Crippen LogP contribution is -2.13. The number of alkyl halides is 3. The standard InChI is InChI=1S/C24H24F3NO4/c1-13-22(24(25,26)27)21(15-6-7-17(29-2)18(11-15)30-3)23-16-12-20(32-5)19(31-4)10-14(16)8-9-28(13)23/h6-7,10-12H,8-9H2,1-5H3. The Bertz CT molecular complexity index is 1180. The molecular formula is C24H24F3NO4. The number of fused-ring (bicyclic) bond motifs is 3. The average molecular weight is 447 g/mol. The van der Waals surface area contributed by atoms with Gasteiger partial charge in [0.2, 0.25) is 0 Å². The van der Waals surface area contributed by atoms with Gasteiger partial charge in [-0.1, -0.05) is 6.07 Å². The van der Waals surface area contributed by atoms with Crippen molar-refractivity contribution >= 4 is 0 Å². The summed E-state index contributed by atoms with van der Waals surface area (Å²) in [6.45, 7) is 1.95. The van der Waals surface area contributed by atoms with Crippen LogP contribution in [-0.4, -0.2) is 33.0 Å². The monoisotopic (exact) mass is 447 g/mol. The van der Waals surface area contributed by atoms with Crippen LogP contribution in [0.4, 0.5) is 13.2 Å². The molecule has 1 aromatic heterocycles. The van der Waals surface area contributed by atoms with Crippen LogP contribution < -0.4 is 18.9 Å². The van der Waals surface area contributed by atoms with Gasteiger partial charge in [0.25, 0.3) is 0 Å². The van der Waals surface area contributed by atoms with Crippen LogP contribution in [0.25, 0.3) is 22.4 Å². The maximum atomic E-state index is 14.3. The third-order valence-electron chi connectivity index (χ3n) is 5.95. The van der Waals surface area contributed by atoms with E-state index in [1.807, 2.05) is 6.07 Å². The topological polar surface area (TPSA) is 41.9 Å². The van der Waals surface area contributed by atoms with Crippen molar-refractivity contribution in [2.24, 2.45) is 0 Å². The first-order valence-electron chi connectivity index (χ1n) is 10.0. The van der Waals surface area contributed by atoms with Gasteiger partial charge in [-0.3, -0.25) is 0 Å². The number of benzene rings is 2. The van der Waals surface area contributed by atoms with E-state index in [2.05, 4.69) is 0 Å². The maximum Gasteiger partial charge on any atom is 0.418 e. The highest BCUT2D eigenvalue weighted by Crippen LogP contribution is 2.51. The van der Waals surface area contributed by atoms with E-state index in [0.717, 1.165) is 5.56 Å². The van der Waals surface area contributed by atoms with Crippen LogP contribution in [0.15, 0.2) is 30.3 Å². The summed E-state index contributed by atoms with van der Waals surface area (Å²) in [5.41, 5.74) is 2.14. The fourth-order valence-electron chi connectivity index (χ4n) is 4.50. The summed E-state index contributed by atoms with van der Waals surface area (Å²) in [7, 11) is 5.99. The zero-order valence-corrected chi connectivity index (χ0v) is 18.5. The van der Waals surface area contributed by atoms with Crippen molar-refractivity contribution in [2.45, 2.75) is 26.1 Å². The summed E-state index contributed by atoms with van der Waals surface area (Å²) in [6, 6.07) is 8.42. The SMILES string of the molecule is COc1ccc(-c2c(C(F)(F)F)c(C)n3c2-c2cc(OC)c(OC)cc2CC3)cc1OC. The molecule has 170 valence electrons. The second-order valence-corrected chi connectivity index (χ2v) is 7.52. The molecule has 8 heteroatoms. The summed E-state index contributed by atoms with van der Waals surface area (Å²) in [6.07, 6.45) is -3.95. The second kappa shape index (κ2) is 8.00. The zero-order valence-electron chi connectivity index (χ0n) is 18.5. The first-order chi connectivity index (χ1) is 15.2. The number of aryl methyl sites for hydroxylation is 1. The van der Waals surface area contributed by atoms with Crippen LogP contribution in [-0.2, 0) is 19.1 Å². The van der Waals surface area contributed by atoms with Crippen molar-refractivity contribution in [3.8, 4) is 45.4 Å². The highest BCUT2D eigenvalue weighted by Gasteiger charge is 2.41. The Labute approximate surface area is 184 Å². The molecule has 0 saturated heterocycles. The van der Waals surface area contributed by atoms with Gasteiger partial charge in [-0.2, -0.15) is 13.2 Å². The van der Waals surface area contributed by atoms with Crippen molar-refractivity contribution in [2.75, 3.05) is 28.4 Å². The van der Waals surface area contributed by atoms with Gasteiger partial charge in [0.1, 0.15) is 0 Å². The van der Waals surface area contributed by atoms with E-state index in [0.29, 0.717) is 52.8 Å². The van der Waals surface area contributed by atoms with Gasteiger partial charge in [0.05, 0.1) is 39.7 Å². The number of hydrogen-bond acceptors (Lipinski definition) is 4. The van der Waals surface area contributed by atoms with Gasteiger partial charge < -0.3 is 23.5 Å². The number of hydrogen-bond donors (Lipinski definition) is 0. The van der Waals surface area contributed by atoms with E-state index in [4.69, 9.17) is 18.9 Å². The van der Waals surface area contributed by atoms with E-state index in [9.17, 15) is 13.2 Å². The normalized spacial score (nSPS) is 12.8. The molecule has 32 heavy (non-hydrogen) atoms. The molecule has 2 heterocycles. The number of ether oxygens (including phenoxy) is 4. The third-order valence-corrected chi connectivity index (χ3v) is 5.95. The van der Waals surface area contributed by atoms with Crippen molar-refractivity contribution in [1.82, 2.24) is 4.57 Å². The molecule has 4 rings (SSSR count). The number of nitrogens with zero attached hydrogens (tertiary/aromatic N) is 1. The molecule has 0 bridgehead atoms. The lowest BCUT2D eigenvalue weighted by molar-refractivity contribution is -0.137. The number of aromatic nitrogens is 1. The molecule has 0 saturated carbocycles. The lowest BCUT2D eigenvalue weighted by Gasteiger charge is -2.24. The summed E-state index contributed by atoms with van der Waals surface area (Å²) < 4.78 is 66.2. The summed E-state index contributed by atoms with van der Waals surface area (Å²) >= 11 is 0. The largest absolute Gasteiger partial charge is 0.493 e. The molecule has 5 nitrogen and oxygen atoms in total. The minimum Gasteiger partial charge on any atom is -0.493 e. The van der Waals surface area contributed by atoms with Gasteiger partial charge in [-0.25, -0.2) is 0 Å². The molecule has 0 amide bonds. The molecule has 0 atom stereocenters. The van der Waals surface area contributed by atoms with Crippen LogP contribution in [0, 0.1) is 6.92 Å². The molecule has 0 fully saturated rings. The Hall–Kier alpha value is -3.29. The molecular weight excluding hydrogens is 423 g/mol. The fraction of sp³-hybridized carbons (Fsp3) is 0.333. The Morgan fingerprint density at radius 2 is 1.41 bits per heavy atom. The van der Waals surface area contributed by atoms with Crippen molar-refractivity contribution < 1.29 is 32.1 Å². The minimum atomic E-state index is -4.53. The van der Waals surface area contributed by atoms with Crippen LogP contribution in [0.3, 0.4) is 0 Å². The van der Waals surface area contributed by atoms with Crippen molar-refractivity contribution in [3.05, 3.63) is 47.2 Å². The van der Waals surface area contributed by atoms with Gasteiger partial charge >= 0.3 is 6.18 Å². The molecule has 3 aromatic rings. The van der Waals surface area contributed by atoms with Crippen molar-refractivity contribution in [3.63, 3.8) is 0 Å². The van der Waals surface area contributed by atoms with E-state index < -0.39 is 11.7 Å². The van der Waals surface area contributed by atoms with E-state index in [-0.39, 0.29) is 11.3 Å². The number of rotatable bonds is 5. The fourth-order valence-corrected chi connectivity index (χ4v) is 4.50. The van der Waals surface area contributed by atoms with Gasteiger partial charge in [-0.15, -0.1) is 0 Å². The lowest BCUT2D eigenvalue weighted by atomic mass is 9.91. The first kappa shape index (κ1) is 21.9. The van der Waals surface area contributed by atoms with Gasteiger partial charge in [0, 0.05) is 23.4 Å². The molecule has 0 N–H and O–H groups in total. The van der Waals surface area contributed by atoms with E-state index >= 15 is 0 Å². The summed E-state index contributed by atoms with van der Waals surface area (Å²) in [5, 5.41) is 0. The Morgan fingerprint density at radius 3 is 2.00 bits per heavy atom. The van der Waals surface area contributed by atoms with Gasteiger partial charge in [-0.05, 0) is 48.7 Å². The molecule has 1 aliphatic rings. The van der Waals surface area contributed by atoms with E-state index in [1.54, 1.807) is 28.8 Å². The Balaban J connectivity index is 2.08. The van der Waals surface area contributed by atoms with Crippen LogP contribution >= 0.6 is 0 Å². The predicted octanol–water partition coefficient (Wildman–Crippen LogP) is 5.74. The second-order valence-electron chi connectivity index (χ2n) is 7.52. The Kier molecular flexibility index (Phi) is 5.48. The zero-order chi connectivity index (χ0) is 23.2. The van der Waals surface area contributed by atoms with Crippen LogP contribution in [0.5, 0.6) is 23.0 Å². The molecule has 1 aliphatic heterocycles. The third kappa shape index (κ3) is 3.34. The summed E-state index contributed by atoms with van der Waals surface area (Å²) in [5.74, 6) is 1.82. The first-order valence-corrected chi connectivity index (χ1v) is 10.0. The molecule has 0 spiro atoms. The molecule has 0 radical (unpaired) electrons. The average Bonchev–Trinajstić information content (AvgIpc) is 3.10. The minimum absolute atomic E-state index is 0.115. The smallest absolute Gasteiger partial charge is 0.418 e. The maximum absolute atomic E-state index is 14.3. The summed E-state index contributed by atoms with van der Waals surface area (Å²) in [4.78, 5) is 0. The molecule has 0 aliphatic carbocycles. The molecule has 0 unspecified atom stereocenters. The molecule has 2 aromatic carbocycles. The number of methoxy groups -OCH3 is 4. The van der Waals surface area contributed by atoms with Crippen molar-refractivity contribution in [1.29, 1.82) is 0 Å². The Morgan fingerprint density at radius 1 is 0.812 bits per heavy atom.